The van der Waals surface area contributed by atoms with Crippen molar-refractivity contribution in [3.05, 3.63) is 29.0 Å². The maximum Gasteiger partial charge on any atom is 0.340 e. The van der Waals surface area contributed by atoms with Crippen LogP contribution in [0.5, 0.6) is 11.5 Å². The molecule has 2 aromatic rings. The normalized spacial score (nSPS) is 12.1. The molecule has 0 bridgehead atoms. The number of hydrogen-bond acceptors (Lipinski definition) is 6. The second kappa shape index (κ2) is 6.37. The molecule has 7 heteroatoms. The van der Waals surface area contributed by atoms with Crippen LogP contribution >= 0.6 is 12.4 Å². The number of pyridine rings is 1. The van der Waals surface area contributed by atoms with Crippen molar-refractivity contribution >= 4 is 29.3 Å². The highest BCUT2D eigenvalue weighted by Crippen LogP contribution is 2.37. The fraction of sp³-hybridized carbons (Fsp3) is 0.333. The Balaban J connectivity index is 0.00000176. The highest BCUT2D eigenvalue weighted by atomic mass is 35.5. The van der Waals surface area contributed by atoms with Crippen LogP contribution in [-0.4, -0.2) is 32.0 Å². The third kappa shape index (κ3) is 2.55. The fourth-order valence-electron chi connectivity index (χ4n) is 2.49. The number of halogens is 1. The molecule has 6 nitrogen and oxygen atoms in total. The summed E-state index contributed by atoms with van der Waals surface area (Å²) in [5.74, 6) is 0.887. The maximum absolute atomic E-state index is 12.0. The Kier molecular flexibility index (Phi) is 4.73. The molecule has 0 atom stereocenters. The van der Waals surface area contributed by atoms with Crippen molar-refractivity contribution in [2.75, 3.05) is 21.0 Å². The summed E-state index contributed by atoms with van der Waals surface area (Å²) in [7, 11) is 2.91. The molecule has 0 aliphatic carbocycles. The minimum Gasteiger partial charge on any atom is -0.465 e. The molecule has 0 saturated carbocycles. The number of rotatable bonds is 3. The summed E-state index contributed by atoms with van der Waals surface area (Å²) in [6.07, 6.45) is 0. The molecular weight excluding hydrogens is 310 g/mol. The molecule has 1 aliphatic rings. The van der Waals surface area contributed by atoms with Gasteiger partial charge < -0.3 is 18.9 Å². The topological polar surface area (TPSA) is 66.9 Å². The van der Waals surface area contributed by atoms with Gasteiger partial charge in [-0.3, -0.25) is 0 Å². The van der Waals surface area contributed by atoms with Crippen LogP contribution in [0.3, 0.4) is 0 Å². The van der Waals surface area contributed by atoms with Crippen LogP contribution in [0, 0.1) is 6.92 Å². The molecule has 0 saturated heterocycles. The minimum absolute atomic E-state index is 0. The smallest absolute Gasteiger partial charge is 0.340 e. The van der Waals surface area contributed by atoms with E-state index in [1.165, 1.54) is 7.11 Å². The van der Waals surface area contributed by atoms with E-state index >= 15 is 0 Å². The van der Waals surface area contributed by atoms with Crippen molar-refractivity contribution in [3.8, 4) is 11.5 Å². The zero-order valence-corrected chi connectivity index (χ0v) is 13.3. The number of aryl methyl sites for hydroxylation is 1. The minimum atomic E-state index is -0.424. The van der Waals surface area contributed by atoms with Crippen molar-refractivity contribution in [2.45, 2.75) is 13.5 Å². The molecule has 0 unspecified atom stereocenters. The first-order valence-corrected chi connectivity index (χ1v) is 6.45. The Morgan fingerprint density at radius 3 is 2.59 bits per heavy atom. The van der Waals surface area contributed by atoms with Gasteiger partial charge in [-0.25, -0.2) is 9.78 Å². The van der Waals surface area contributed by atoms with E-state index in [0.29, 0.717) is 22.8 Å². The number of hydrogen-bond donors (Lipinski definition) is 0. The Morgan fingerprint density at radius 1 is 1.27 bits per heavy atom. The van der Waals surface area contributed by atoms with E-state index in [2.05, 4.69) is 4.98 Å². The SMILES string of the molecule is COCc1nc2cc3c(cc2c(C)c1C(=O)OC)OCO3.Cl. The molecule has 22 heavy (non-hydrogen) atoms. The predicted molar refractivity (Wildman–Crippen MR) is 81.9 cm³/mol. The third-order valence-corrected chi connectivity index (χ3v) is 3.48. The van der Waals surface area contributed by atoms with E-state index in [0.717, 1.165) is 16.5 Å². The summed E-state index contributed by atoms with van der Waals surface area (Å²) in [5.41, 5.74) is 2.51. The molecule has 0 amide bonds. The van der Waals surface area contributed by atoms with Gasteiger partial charge >= 0.3 is 5.97 Å². The molecular formula is C15H16ClNO5. The summed E-state index contributed by atoms with van der Waals surface area (Å²) in [5, 5.41) is 0.833. The lowest BCUT2D eigenvalue weighted by molar-refractivity contribution is 0.0594. The Bertz CT molecular complexity index is 732. The zero-order chi connectivity index (χ0) is 15.0. The van der Waals surface area contributed by atoms with Crippen LogP contribution in [0.4, 0.5) is 0 Å². The molecule has 0 fully saturated rings. The van der Waals surface area contributed by atoms with Crippen LogP contribution in [0.2, 0.25) is 0 Å². The van der Waals surface area contributed by atoms with Gasteiger partial charge in [0.15, 0.2) is 11.5 Å². The molecule has 1 aromatic carbocycles. The standard InChI is InChI=1S/C15H15NO5.ClH/c1-8-9-4-12-13(21-7-20-12)5-10(9)16-11(6-18-2)14(8)15(17)19-3;/h4-5H,6-7H2,1-3H3;1H. The molecule has 0 N–H and O–H groups in total. The summed E-state index contributed by atoms with van der Waals surface area (Å²) in [6, 6.07) is 3.65. The second-order valence-corrected chi connectivity index (χ2v) is 4.71. The summed E-state index contributed by atoms with van der Waals surface area (Å²) in [6.45, 7) is 2.28. The Labute approximate surface area is 133 Å². The number of ether oxygens (including phenoxy) is 4. The van der Waals surface area contributed by atoms with Crippen molar-refractivity contribution < 1.29 is 23.7 Å². The lowest BCUT2D eigenvalue weighted by Crippen LogP contribution is -2.11. The first kappa shape index (κ1) is 16.3. The molecule has 118 valence electrons. The number of benzene rings is 1. The van der Waals surface area contributed by atoms with Crippen LogP contribution in [-0.2, 0) is 16.1 Å². The second-order valence-electron chi connectivity index (χ2n) is 4.71. The monoisotopic (exact) mass is 325 g/mol. The lowest BCUT2D eigenvalue weighted by Gasteiger charge is -2.13. The van der Waals surface area contributed by atoms with Gasteiger partial charge in [0, 0.05) is 18.6 Å². The van der Waals surface area contributed by atoms with Gasteiger partial charge in [0.25, 0.3) is 0 Å². The van der Waals surface area contributed by atoms with Crippen molar-refractivity contribution in [1.82, 2.24) is 4.98 Å². The van der Waals surface area contributed by atoms with Crippen LogP contribution < -0.4 is 9.47 Å². The van der Waals surface area contributed by atoms with Crippen LogP contribution in [0.15, 0.2) is 12.1 Å². The number of carbonyl (C=O) groups is 1. The zero-order valence-electron chi connectivity index (χ0n) is 12.5. The first-order chi connectivity index (χ1) is 10.2. The Hall–Kier alpha value is -2.05. The van der Waals surface area contributed by atoms with E-state index in [4.69, 9.17) is 18.9 Å². The highest BCUT2D eigenvalue weighted by Gasteiger charge is 2.22. The quantitative estimate of drug-likeness (QED) is 0.808. The van der Waals surface area contributed by atoms with Gasteiger partial charge in [-0.05, 0) is 18.6 Å². The average molecular weight is 326 g/mol. The Morgan fingerprint density at radius 2 is 1.95 bits per heavy atom. The molecule has 0 spiro atoms. The van der Waals surface area contributed by atoms with Crippen molar-refractivity contribution in [2.24, 2.45) is 0 Å². The van der Waals surface area contributed by atoms with E-state index < -0.39 is 5.97 Å². The molecule has 0 radical (unpaired) electrons. The van der Waals surface area contributed by atoms with E-state index in [1.807, 2.05) is 19.1 Å². The van der Waals surface area contributed by atoms with Gasteiger partial charge in [0.1, 0.15) is 0 Å². The fourth-order valence-corrected chi connectivity index (χ4v) is 2.49. The van der Waals surface area contributed by atoms with E-state index in [1.54, 1.807) is 7.11 Å². The number of fused-ring (bicyclic) bond motifs is 2. The number of nitrogens with zero attached hydrogens (tertiary/aromatic N) is 1. The molecule has 1 aromatic heterocycles. The largest absolute Gasteiger partial charge is 0.465 e. The highest BCUT2D eigenvalue weighted by molar-refractivity contribution is 5.99. The van der Waals surface area contributed by atoms with Crippen LogP contribution in [0.25, 0.3) is 10.9 Å². The number of aromatic nitrogens is 1. The predicted octanol–water partition coefficient (Wildman–Crippen LogP) is 2.63. The van der Waals surface area contributed by atoms with E-state index in [-0.39, 0.29) is 25.8 Å². The van der Waals surface area contributed by atoms with Gasteiger partial charge in [-0.1, -0.05) is 0 Å². The van der Waals surface area contributed by atoms with Gasteiger partial charge in [-0.15, -0.1) is 12.4 Å². The summed E-state index contributed by atoms with van der Waals surface area (Å²) >= 11 is 0. The molecule has 3 rings (SSSR count). The number of carbonyl (C=O) groups excluding carboxylic acids is 1. The maximum atomic E-state index is 12.0. The van der Waals surface area contributed by atoms with Gasteiger partial charge in [0.05, 0.1) is 30.5 Å². The van der Waals surface area contributed by atoms with Gasteiger partial charge in [0.2, 0.25) is 6.79 Å². The molecule has 2 heterocycles. The van der Waals surface area contributed by atoms with Crippen molar-refractivity contribution in [1.29, 1.82) is 0 Å². The first-order valence-electron chi connectivity index (χ1n) is 6.45. The van der Waals surface area contributed by atoms with E-state index in [9.17, 15) is 4.79 Å². The molecule has 1 aliphatic heterocycles. The van der Waals surface area contributed by atoms with Crippen molar-refractivity contribution in [3.63, 3.8) is 0 Å². The lowest BCUT2D eigenvalue weighted by atomic mass is 10.0. The third-order valence-electron chi connectivity index (χ3n) is 3.48. The average Bonchev–Trinajstić information content (AvgIpc) is 2.93. The van der Waals surface area contributed by atoms with Gasteiger partial charge in [-0.2, -0.15) is 0 Å². The summed E-state index contributed by atoms with van der Waals surface area (Å²) < 4.78 is 20.7. The number of esters is 1. The summed E-state index contributed by atoms with van der Waals surface area (Å²) in [4.78, 5) is 16.5. The van der Waals surface area contributed by atoms with Crippen LogP contribution in [0.1, 0.15) is 21.6 Å². The number of methoxy groups -OCH3 is 2.